The molecule has 1 amide bonds. The average molecular weight is 588 g/mol. The number of nitrogens with one attached hydrogen (secondary N) is 1. The number of rotatable bonds is 13. The molecule has 0 aliphatic carbocycles. The number of amides is 1. The summed E-state index contributed by atoms with van der Waals surface area (Å²) in [6.45, 7) is 4.83. The first-order chi connectivity index (χ1) is 21.0. The van der Waals surface area contributed by atoms with Gasteiger partial charge in [-0.3, -0.25) is 19.5 Å². The van der Waals surface area contributed by atoms with Crippen LogP contribution in [0.4, 0.5) is 10.1 Å². The molecule has 1 N–H and O–H groups in total. The van der Waals surface area contributed by atoms with E-state index >= 15 is 4.39 Å². The smallest absolute Gasteiger partial charge is 0.231 e. The second-order valence-corrected chi connectivity index (χ2v) is 10.2. The Morgan fingerprint density at radius 2 is 1.79 bits per heavy atom. The van der Waals surface area contributed by atoms with Gasteiger partial charge in [0.05, 0.1) is 38.9 Å². The first-order valence-corrected chi connectivity index (χ1v) is 14.2. The number of nitrogens with zero attached hydrogens (tertiary/aromatic N) is 2. The number of ketones is 1. The van der Waals surface area contributed by atoms with Gasteiger partial charge in [-0.1, -0.05) is 30.3 Å². The summed E-state index contributed by atoms with van der Waals surface area (Å²) >= 11 is 0. The molecule has 5 rings (SSSR count). The van der Waals surface area contributed by atoms with Gasteiger partial charge in [-0.15, -0.1) is 0 Å². The number of Topliss-reactive ketones (excluding diaryl/α,β-unsaturated/α-hetero) is 1. The Balaban J connectivity index is 1.21. The Bertz CT molecular complexity index is 1560. The Hall–Kier alpha value is -4.54. The average Bonchev–Trinajstić information content (AvgIpc) is 3.01. The van der Waals surface area contributed by atoms with E-state index < -0.39 is 11.7 Å². The molecule has 9 nitrogen and oxygen atoms in total. The highest BCUT2D eigenvalue weighted by molar-refractivity contribution is 6.04. The zero-order chi connectivity index (χ0) is 30.0. The molecule has 1 saturated heterocycles. The van der Waals surface area contributed by atoms with Gasteiger partial charge in [0.1, 0.15) is 11.5 Å². The van der Waals surface area contributed by atoms with Crippen LogP contribution >= 0.6 is 0 Å². The molecule has 3 aromatic carbocycles. The number of fused-ring (bicyclic) bond motifs is 1. The SMILES string of the molecule is COc1cc2c(Oc3ccc(NC(=O)CC(=O)Cc4ccccc4)cc3F)ccnc2cc1OCCCN1CCOCC1. The van der Waals surface area contributed by atoms with Gasteiger partial charge in [-0.25, -0.2) is 4.39 Å². The van der Waals surface area contributed by atoms with Crippen LogP contribution in [0.15, 0.2) is 72.9 Å². The van der Waals surface area contributed by atoms with Crippen molar-refractivity contribution >= 4 is 28.3 Å². The first kappa shape index (κ1) is 29.9. The number of morpholine rings is 1. The van der Waals surface area contributed by atoms with Gasteiger partial charge in [0.2, 0.25) is 5.91 Å². The number of carbonyl (C=O) groups excluding carboxylic acids is 2. The van der Waals surface area contributed by atoms with Gasteiger partial charge in [-0.2, -0.15) is 0 Å². The molecule has 0 spiro atoms. The van der Waals surface area contributed by atoms with Gasteiger partial charge in [0.15, 0.2) is 23.1 Å². The minimum atomic E-state index is -0.675. The summed E-state index contributed by atoms with van der Waals surface area (Å²) in [5, 5.41) is 3.20. The number of ether oxygens (including phenoxy) is 4. The maximum absolute atomic E-state index is 15.0. The second kappa shape index (κ2) is 14.6. The van der Waals surface area contributed by atoms with E-state index in [1.165, 1.54) is 12.1 Å². The maximum atomic E-state index is 15.0. The molecule has 1 aliphatic heterocycles. The minimum absolute atomic E-state index is 0.0342. The van der Waals surface area contributed by atoms with Gasteiger partial charge in [0, 0.05) is 55.5 Å². The highest BCUT2D eigenvalue weighted by Crippen LogP contribution is 2.38. The van der Waals surface area contributed by atoms with E-state index in [4.69, 9.17) is 18.9 Å². The van der Waals surface area contributed by atoms with Crippen LogP contribution in [0.5, 0.6) is 23.0 Å². The van der Waals surface area contributed by atoms with Crippen LogP contribution < -0.4 is 19.5 Å². The topological polar surface area (TPSA) is 99.2 Å². The molecule has 0 saturated carbocycles. The molecule has 0 radical (unpaired) electrons. The van der Waals surface area contributed by atoms with Crippen LogP contribution in [0.2, 0.25) is 0 Å². The van der Waals surface area contributed by atoms with Crippen LogP contribution in [-0.4, -0.2) is 68.1 Å². The number of hydrogen-bond donors (Lipinski definition) is 1. The lowest BCUT2D eigenvalue weighted by Gasteiger charge is -2.26. The van der Waals surface area contributed by atoms with Crippen molar-refractivity contribution < 1.29 is 32.9 Å². The van der Waals surface area contributed by atoms with E-state index in [1.807, 2.05) is 30.3 Å². The van der Waals surface area contributed by atoms with E-state index in [-0.39, 0.29) is 30.1 Å². The second-order valence-electron chi connectivity index (χ2n) is 10.2. The maximum Gasteiger partial charge on any atom is 0.231 e. The van der Waals surface area contributed by atoms with Gasteiger partial charge in [-0.05, 0) is 36.2 Å². The van der Waals surface area contributed by atoms with Gasteiger partial charge in [0.25, 0.3) is 0 Å². The third kappa shape index (κ3) is 8.27. The molecule has 10 heteroatoms. The molecular formula is C33H34FN3O6. The number of benzene rings is 3. The third-order valence-electron chi connectivity index (χ3n) is 7.00. The van der Waals surface area contributed by atoms with Crippen LogP contribution in [0, 0.1) is 5.82 Å². The van der Waals surface area contributed by atoms with E-state index in [0.29, 0.717) is 34.8 Å². The van der Waals surface area contributed by atoms with Crippen LogP contribution in [-0.2, 0) is 20.7 Å². The predicted molar refractivity (Wildman–Crippen MR) is 161 cm³/mol. The summed E-state index contributed by atoms with van der Waals surface area (Å²) in [5.41, 5.74) is 1.65. The van der Waals surface area contributed by atoms with Crippen molar-refractivity contribution in [1.82, 2.24) is 9.88 Å². The molecule has 0 bridgehead atoms. The van der Waals surface area contributed by atoms with Crippen LogP contribution in [0.1, 0.15) is 18.4 Å². The van der Waals surface area contributed by atoms with Crippen molar-refractivity contribution in [3.63, 3.8) is 0 Å². The van der Waals surface area contributed by atoms with Crippen molar-refractivity contribution in [2.24, 2.45) is 0 Å². The Labute approximate surface area is 249 Å². The molecule has 2 heterocycles. The first-order valence-electron chi connectivity index (χ1n) is 14.2. The standard InChI is InChI=1S/C33H34FN3O6/c1-40-31-21-26-28(22-32(31)42-15-5-12-37-13-16-41-17-14-37)35-11-10-29(26)43-30-9-8-24(19-27(30)34)36-33(39)20-25(38)18-23-6-3-2-4-7-23/h2-4,6-11,19,21-22H,5,12-18,20H2,1H3,(H,36,39). The third-order valence-corrected chi connectivity index (χ3v) is 7.00. The number of methoxy groups -OCH3 is 1. The molecular weight excluding hydrogens is 553 g/mol. The summed E-state index contributed by atoms with van der Waals surface area (Å²) < 4.78 is 37.9. The highest BCUT2D eigenvalue weighted by Gasteiger charge is 2.16. The van der Waals surface area contributed by atoms with Crippen LogP contribution in [0.25, 0.3) is 10.9 Å². The molecule has 43 heavy (non-hydrogen) atoms. The summed E-state index contributed by atoms with van der Waals surface area (Å²) in [6.07, 6.45) is 2.28. The van der Waals surface area contributed by atoms with E-state index in [0.717, 1.165) is 50.9 Å². The molecule has 1 aliphatic rings. The Morgan fingerprint density at radius 3 is 2.56 bits per heavy atom. The summed E-state index contributed by atoms with van der Waals surface area (Å²) in [7, 11) is 1.56. The van der Waals surface area contributed by atoms with E-state index in [2.05, 4.69) is 15.2 Å². The Morgan fingerprint density at radius 1 is 0.977 bits per heavy atom. The van der Waals surface area contributed by atoms with Gasteiger partial charge >= 0.3 is 0 Å². The van der Waals surface area contributed by atoms with Gasteiger partial charge < -0.3 is 24.3 Å². The number of aromatic nitrogens is 1. The van der Waals surface area contributed by atoms with Crippen molar-refractivity contribution in [2.45, 2.75) is 19.3 Å². The lowest BCUT2D eigenvalue weighted by molar-refractivity contribution is -0.125. The lowest BCUT2D eigenvalue weighted by atomic mass is 10.1. The van der Waals surface area contributed by atoms with Crippen molar-refractivity contribution in [3.05, 3.63) is 84.3 Å². The predicted octanol–water partition coefficient (Wildman–Crippen LogP) is 5.42. The molecule has 1 aromatic heterocycles. The fraction of sp³-hybridized carbons (Fsp3) is 0.303. The van der Waals surface area contributed by atoms with Crippen molar-refractivity contribution in [3.8, 4) is 23.0 Å². The summed E-state index contributed by atoms with van der Waals surface area (Å²) in [4.78, 5) is 31.4. The van der Waals surface area contributed by atoms with E-state index in [1.54, 1.807) is 31.5 Å². The van der Waals surface area contributed by atoms with Crippen molar-refractivity contribution in [2.75, 3.05) is 51.9 Å². The number of carbonyl (C=O) groups is 2. The molecule has 0 atom stereocenters. The Kier molecular flexibility index (Phi) is 10.1. The monoisotopic (exact) mass is 587 g/mol. The minimum Gasteiger partial charge on any atom is -0.493 e. The molecule has 1 fully saturated rings. The molecule has 4 aromatic rings. The normalized spacial score (nSPS) is 13.4. The zero-order valence-corrected chi connectivity index (χ0v) is 24.0. The van der Waals surface area contributed by atoms with Crippen molar-refractivity contribution in [1.29, 1.82) is 0 Å². The lowest BCUT2D eigenvalue weighted by Crippen LogP contribution is -2.37. The summed E-state index contributed by atoms with van der Waals surface area (Å²) in [5.74, 6) is 0.00112. The number of anilines is 1. The molecule has 0 unspecified atom stereocenters. The molecule has 224 valence electrons. The highest BCUT2D eigenvalue weighted by atomic mass is 19.1. The number of halogens is 1. The quantitative estimate of drug-likeness (QED) is 0.164. The fourth-order valence-electron chi connectivity index (χ4n) is 4.83. The fourth-order valence-corrected chi connectivity index (χ4v) is 4.83. The number of hydrogen-bond acceptors (Lipinski definition) is 8. The largest absolute Gasteiger partial charge is 0.493 e. The summed E-state index contributed by atoms with van der Waals surface area (Å²) in [6, 6.07) is 18.5. The van der Waals surface area contributed by atoms with E-state index in [9.17, 15) is 9.59 Å². The van der Waals surface area contributed by atoms with Crippen LogP contribution in [0.3, 0.4) is 0 Å². The zero-order valence-electron chi connectivity index (χ0n) is 24.0. The number of pyridine rings is 1.